The average Bonchev–Trinajstić information content (AvgIpc) is 2.73. The smallest absolute Gasteiger partial charge is 0.110 e. The molecule has 0 radical (unpaired) electrons. The van der Waals surface area contributed by atoms with Crippen LogP contribution < -0.4 is 4.90 Å². The maximum Gasteiger partial charge on any atom is 0.110 e. The van der Waals surface area contributed by atoms with Crippen LogP contribution in [0.2, 0.25) is 0 Å². The van der Waals surface area contributed by atoms with Gasteiger partial charge in [-0.05, 0) is 26.8 Å². The lowest BCUT2D eigenvalue weighted by Gasteiger charge is -2.44. The first kappa shape index (κ1) is 12.3. The Morgan fingerprint density at radius 1 is 1.22 bits per heavy atom. The molecule has 1 aliphatic rings. The van der Waals surface area contributed by atoms with Gasteiger partial charge in [-0.1, -0.05) is 51.1 Å². The molecule has 18 heavy (non-hydrogen) atoms. The van der Waals surface area contributed by atoms with Gasteiger partial charge in [0, 0.05) is 23.4 Å². The number of hydrogen-bond donors (Lipinski definition) is 0. The maximum atomic E-state index is 5.54. The van der Waals surface area contributed by atoms with Crippen LogP contribution in [-0.4, -0.2) is 6.54 Å². The highest BCUT2D eigenvalue weighted by Gasteiger charge is 2.38. The molecule has 0 saturated carbocycles. The van der Waals surface area contributed by atoms with Crippen LogP contribution in [0.3, 0.4) is 0 Å². The molecule has 0 N–H and O–H groups in total. The standard InChI is InChI=1S/C14H15NS3/c1-4-15-10-8-6-5-7-9(10)11-12(14(15,2)3)17-18-13(11)16/h5-8H,4H2,1-3H3. The van der Waals surface area contributed by atoms with Crippen molar-refractivity contribution in [3.05, 3.63) is 33.0 Å². The largest absolute Gasteiger partial charge is 0.361 e. The number of fused-ring (bicyclic) bond motifs is 3. The summed E-state index contributed by atoms with van der Waals surface area (Å²) in [6.45, 7) is 7.82. The predicted molar refractivity (Wildman–Crippen MR) is 84.5 cm³/mol. The van der Waals surface area contributed by atoms with Gasteiger partial charge in [0.25, 0.3) is 0 Å². The van der Waals surface area contributed by atoms with Crippen molar-refractivity contribution in [1.82, 2.24) is 0 Å². The van der Waals surface area contributed by atoms with Gasteiger partial charge in [-0.2, -0.15) is 0 Å². The van der Waals surface area contributed by atoms with E-state index in [2.05, 4.69) is 49.9 Å². The van der Waals surface area contributed by atoms with E-state index in [-0.39, 0.29) is 5.54 Å². The van der Waals surface area contributed by atoms with Crippen molar-refractivity contribution in [1.29, 1.82) is 0 Å². The monoisotopic (exact) mass is 293 g/mol. The van der Waals surface area contributed by atoms with Gasteiger partial charge in [0.05, 0.1) is 10.4 Å². The number of anilines is 1. The number of nitrogens with zero attached hydrogens (tertiary/aromatic N) is 1. The zero-order chi connectivity index (χ0) is 12.9. The first-order chi connectivity index (χ1) is 8.57. The van der Waals surface area contributed by atoms with Crippen molar-refractivity contribution in [2.24, 2.45) is 0 Å². The molecular weight excluding hydrogens is 278 g/mol. The molecule has 4 heteroatoms. The molecule has 0 saturated heterocycles. The van der Waals surface area contributed by atoms with Gasteiger partial charge in [0.15, 0.2) is 0 Å². The number of benzene rings is 1. The third-order valence-electron chi connectivity index (χ3n) is 3.64. The second-order valence-corrected chi connectivity index (χ2v) is 7.80. The minimum absolute atomic E-state index is 0.0384. The van der Waals surface area contributed by atoms with Crippen molar-refractivity contribution in [2.75, 3.05) is 11.4 Å². The van der Waals surface area contributed by atoms with Gasteiger partial charge in [-0.15, -0.1) is 0 Å². The first-order valence-corrected chi connectivity index (χ1v) is 8.64. The third-order valence-corrected chi connectivity index (χ3v) is 6.97. The fraction of sp³-hybridized carbons (Fsp3) is 0.357. The summed E-state index contributed by atoms with van der Waals surface area (Å²) in [7, 11) is 3.57. The lowest BCUT2D eigenvalue weighted by molar-refractivity contribution is 0.496. The highest BCUT2D eigenvalue weighted by atomic mass is 32.9. The van der Waals surface area contributed by atoms with Gasteiger partial charge >= 0.3 is 0 Å². The Hall–Kier alpha value is -0.710. The van der Waals surface area contributed by atoms with Crippen LogP contribution in [-0.2, 0) is 5.54 Å². The van der Waals surface area contributed by atoms with Crippen LogP contribution in [0.25, 0.3) is 11.1 Å². The molecule has 0 spiro atoms. The summed E-state index contributed by atoms with van der Waals surface area (Å²) in [5.74, 6) is 0. The second kappa shape index (κ2) is 4.15. The summed E-state index contributed by atoms with van der Waals surface area (Å²) in [6.07, 6.45) is 0. The summed E-state index contributed by atoms with van der Waals surface area (Å²) in [5, 5.41) is 0. The number of rotatable bonds is 1. The third kappa shape index (κ3) is 1.52. The average molecular weight is 293 g/mol. The van der Waals surface area contributed by atoms with E-state index >= 15 is 0 Å². The van der Waals surface area contributed by atoms with E-state index in [1.165, 1.54) is 21.7 Å². The number of para-hydroxylation sites is 1. The topological polar surface area (TPSA) is 3.24 Å². The van der Waals surface area contributed by atoms with E-state index in [0.717, 1.165) is 10.4 Å². The molecule has 1 aromatic heterocycles. The van der Waals surface area contributed by atoms with Crippen LogP contribution in [0.4, 0.5) is 5.69 Å². The molecule has 2 aromatic rings. The van der Waals surface area contributed by atoms with Crippen LogP contribution in [0.15, 0.2) is 24.3 Å². The molecule has 94 valence electrons. The van der Waals surface area contributed by atoms with E-state index < -0.39 is 0 Å². The quantitative estimate of drug-likeness (QED) is 0.520. The van der Waals surface area contributed by atoms with Crippen molar-refractivity contribution in [2.45, 2.75) is 26.3 Å². The number of hydrogen-bond acceptors (Lipinski definition) is 4. The van der Waals surface area contributed by atoms with Crippen LogP contribution in [0, 0.1) is 3.82 Å². The lowest BCUT2D eigenvalue weighted by Crippen LogP contribution is -2.43. The molecule has 3 rings (SSSR count). The summed E-state index contributed by atoms with van der Waals surface area (Å²) >= 11 is 5.54. The van der Waals surface area contributed by atoms with Gasteiger partial charge in [-0.25, -0.2) is 0 Å². The Bertz CT molecular complexity index is 651. The molecule has 0 fully saturated rings. The van der Waals surface area contributed by atoms with E-state index in [1.807, 2.05) is 10.3 Å². The van der Waals surface area contributed by atoms with E-state index in [0.29, 0.717) is 0 Å². The molecule has 1 nitrogen and oxygen atoms in total. The lowest BCUT2D eigenvalue weighted by atomic mass is 9.88. The van der Waals surface area contributed by atoms with Crippen LogP contribution in [0.5, 0.6) is 0 Å². The molecule has 0 aliphatic carbocycles. The second-order valence-electron chi connectivity index (χ2n) is 4.98. The molecule has 0 unspecified atom stereocenters. The Kier molecular flexibility index (Phi) is 2.84. The van der Waals surface area contributed by atoms with Crippen LogP contribution >= 0.6 is 32.9 Å². The molecule has 1 aliphatic heterocycles. The molecule has 0 bridgehead atoms. The van der Waals surface area contributed by atoms with Gasteiger partial charge in [-0.3, -0.25) is 0 Å². The first-order valence-electron chi connectivity index (χ1n) is 6.08. The summed E-state index contributed by atoms with van der Waals surface area (Å²) in [4.78, 5) is 3.89. The van der Waals surface area contributed by atoms with Crippen LogP contribution in [0.1, 0.15) is 25.6 Å². The van der Waals surface area contributed by atoms with E-state index in [9.17, 15) is 0 Å². The SMILES string of the molecule is CCN1c2ccccc2-c2c(ssc2=S)C1(C)C. The fourth-order valence-corrected chi connectivity index (χ4v) is 6.11. The Balaban J connectivity index is 2.40. The summed E-state index contributed by atoms with van der Waals surface area (Å²) in [5.41, 5.74) is 3.95. The van der Waals surface area contributed by atoms with Crippen molar-refractivity contribution >= 4 is 38.6 Å². The van der Waals surface area contributed by atoms with Gasteiger partial charge in [0.2, 0.25) is 0 Å². The zero-order valence-electron chi connectivity index (χ0n) is 10.7. The molecule has 2 heterocycles. The Morgan fingerprint density at radius 2 is 1.94 bits per heavy atom. The zero-order valence-corrected chi connectivity index (χ0v) is 13.1. The highest BCUT2D eigenvalue weighted by Crippen LogP contribution is 2.51. The van der Waals surface area contributed by atoms with Crippen molar-refractivity contribution in [3.8, 4) is 11.1 Å². The normalized spacial score (nSPS) is 16.3. The minimum atomic E-state index is 0.0384. The molecular formula is C14H15NS3. The predicted octanol–water partition coefficient (Wildman–Crippen LogP) is 5.28. The molecule has 0 atom stereocenters. The Labute approximate surface area is 120 Å². The summed E-state index contributed by atoms with van der Waals surface area (Å²) < 4.78 is 1.03. The fourth-order valence-electron chi connectivity index (χ4n) is 2.81. The van der Waals surface area contributed by atoms with Gasteiger partial charge < -0.3 is 4.90 Å². The van der Waals surface area contributed by atoms with E-state index in [4.69, 9.17) is 12.2 Å². The van der Waals surface area contributed by atoms with Crippen molar-refractivity contribution < 1.29 is 0 Å². The van der Waals surface area contributed by atoms with E-state index in [1.54, 1.807) is 10.3 Å². The summed E-state index contributed by atoms with van der Waals surface area (Å²) in [6, 6.07) is 8.62. The molecule has 1 aromatic carbocycles. The van der Waals surface area contributed by atoms with Gasteiger partial charge in [0.1, 0.15) is 3.82 Å². The highest BCUT2D eigenvalue weighted by molar-refractivity contribution is 7.80. The maximum absolute atomic E-state index is 5.54. The van der Waals surface area contributed by atoms with Crippen molar-refractivity contribution in [3.63, 3.8) is 0 Å². The Morgan fingerprint density at radius 3 is 2.67 bits per heavy atom. The molecule has 0 amide bonds. The minimum Gasteiger partial charge on any atom is -0.361 e.